The third kappa shape index (κ3) is 3.30. The highest BCUT2D eigenvalue weighted by Crippen LogP contribution is 2.36. The fourth-order valence-electron chi connectivity index (χ4n) is 1.92. The molecule has 0 saturated carbocycles. The van der Waals surface area contributed by atoms with Crippen molar-refractivity contribution in [2.45, 2.75) is 18.3 Å². The second kappa shape index (κ2) is 6.81. The smallest absolute Gasteiger partial charge is 0.457 e. The van der Waals surface area contributed by atoms with E-state index in [0.29, 0.717) is 5.75 Å². The normalized spacial score (nSPS) is 23.6. The summed E-state index contributed by atoms with van der Waals surface area (Å²) in [7, 11) is 0. The van der Waals surface area contributed by atoms with E-state index in [9.17, 15) is 14.4 Å². The summed E-state index contributed by atoms with van der Waals surface area (Å²) in [5.74, 6) is -0.336. The molecule has 2 rings (SSSR count). The predicted molar refractivity (Wildman–Crippen MR) is 73.1 cm³/mol. The zero-order valence-corrected chi connectivity index (χ0v) is 12.3. The molecule has 8 nitrogen and oxygen atoms in total. The second-order valence-electron chi connectivity index (χ2n) is 4.21. The molecule has 0 spiro atoms. The van der Waals surface area contributed by atoms with Gasteiger partial charge < -0.3 is 19.9 Å². The van der Waals surface area contributed by atoms with Crippen LogP contribution in [0.25, 0.3) is 0 Å². The molecule has 0 aliphatic carbocycles. The first-order valence-electron chi connectivity index (χ1n) is 6.43. The fraction of sp³-hybridized carbons (Fsp3) is 0.583. The molecule has 9 heteroatoms. The van der Waals surface area contributed by atoms with Gasteiger partial charge in [-0.2, -0.15) is 0 Å². The maximum atomic E-state index is 11.9. The topological polar surface area (TPSA) is 108 Å². The Bertz CT molecular complexity index is 480. The van der Waals surface area contributed by atoms with Gasteiger partial charge in [-0.25, -0.2) is 9.59 Å². The molecule has 116 valence electrons. The zero-order chi connectivity index (χ0) is 15.4. The number of nitrogens with zero attached hydrogens (tertiary/aromatic N) is 1. The minimum atomic E-state index is -0.814. The van der Waals surface area contributed by atoms with Gasteiger partial charge in [-0.05, 0) is 13.0 Å². The molecule has 2 N–H and O–H groups in total. The van der Waals surface area contributed by atoms with Crippen molar-refractivity contribution >= 4 is 29.8 Å². The van der Waals surface area contributed by atoms with E-state index in [0.717, 1.165) is 0 Å². The molecule has 2 atom stereocenters. The van der Waals surface area contributed by atoms with E-state index in [4.69, 9.17) is 10.5 Å². The van der Waals surface area contributed by atoms with Crippen molar-refractivity contribution in [3.8, 4) is 0 Å². The maximum Gasteiger partial charge on any atom is 0.508 e. The molecule has 1 unspecified atom stereocenters. The molecule has 21 heavy (non-hydrogen) atoms. The highest BCUT2D eigenvalue weighted by atomic mass is 32.2. The summed E-state index contributed by atoms with van der Waals surface area (Å²) in [6.07, 6.45) is 0.810. The first-order chi connectivity index (χ1) is 10.1. The minimum absolute atomic E-state index is 0.108. The molecule has 2 aliphatic rings. The number of β-lactam (4-membered cyclic amide) rings is 1. The molecule has 0 aromatic carbocycles. The van der Waals surface area contributed by atoms with Gasteiger partial charge >= 0.3 is 12.1 Å². The third-order valence-corrected chi connectivity index (χ3v) is 4.10. The summed E-state index contributed by atoms with van der Waals surface area (Å²) in [5, 5.41) is -0.208. The minimum Gasteiger partial charge on any atom is -0.457 e. The van der Waals surface area contributed by atoms with Crippen LogP contribution in [0.3, 0.4) is 0 Å². The van der Waals surface area contributed by atoms with E-state index >= 15 is 0 Å². The largest absolute Gasteiger partial charge is 0.508 e. The van der Waals surface area contributed by atoms with Crippen LogP contribution in [0, 0.1) is 0 Å². The van der Waals surface area contributed by atoms with Gasteiger partial charge in [0.15, 0.2) is 0 Å². The highest BCUT2D eigenvalue weighted by Gasteiger charge is 2.50. The van der Waals surface area contributed by atoms with E-state index < -0.39 is 18.2 Å². The third-order valence-electron chi connectivity index (χ3n) is 2.90. The van der Waals surface area contributed by atoms with Gasteiger partial charge in [0.25, 0.3) is 0 Å². The number of carbonyl (C=O) groups excluding carboxylic acids is 3. The van der Waals surface area contributed by atoms with Gasteiger partial charge in [0, 0.05) is 5.75 Å². The number of thioether (sulfide) groups is 1. The lowest BCUT2D eigenvalue weighted by molar-refractivity contribution is -0.151. The molecule has 2 aliphatic heterocycles. The summed E-state index contributed by atoms with van der Waals surface area (Å²) >= 11 is 1.49. The first-order valence-corrected chi connectivity index (χ1v) is 7.48. The quantitative estimate of drug-likeness (QED) is 0.423. The van der Waals surface area contributed by atoms with Gasteiger partial charge in [0.05, 0.1) is 6.61 Å². The molecule has 1 fully saturated rings. The number of esters is 1. The van der Waals surface area contributed by atoms with Crippen molar-refractivity contribution in [3.63, 3.8) is 0 Å². The fourth-order valence-corrected chi connectivity index (χ4v) is 3.06. The SMILES string of the molecule is CCOC(=O)OCCOC(=O)C1=CCS[C@H]2C(N)C(=O)N12. The van der Waals surface area contributed by atoms with Crippen LogP contribution in [0.5, 0.6) is 0 Å². The molecule has 0 aromatic rings. The number of hydrogen-bond donors (Lipinski definition) is 1. The van der Waals surface area contributed by atoms with Gasteiger partial charge in [-0.15, -0.1) is 11.8 Å². The Kier molecular flexibility index (Phi) is 5.07. The Hall–Kier alpha value is -1.74. The van der Waals surface area contributed by atoms with E-state index in [1.807, 2.05) is 0 Å². The van der Waals surface area contributed by atoms with Crippen LogP contribution in [0.1, 0.15) is 6.92 Å². The predicted octanol–water partition coefficient (Wildman–Crippen LogP) is -0.171. The van der Waals surface area contributed by atoms with Gasteiger partial charge in [0.1, 0.15) is 30.3 Å². The second-order valence-corrected chi connectivity index (χ2v) is 5.36. The molecule has 0 bridgehead atoms. The standard InChI is InChI=1S/C12H16N2O6S/c1-2-18-12(17)20-5-4-19-11(16)7-3-6-21-10-8(13)9(15)14(7)10/h3,8,10H,2,4-6,13H2,1H3/t8?,10-/m0/s1. The molecule has 1 saturated heterocycles. The van der Waals surface area contributed by atoms with Crippen LogP contribution in [-0.4, -0.2) is 59.9 Å². The zero-order valence-electron chi connectivity index (χ0n) is 11.4. The lowest BCUT2D eigenvalue weighted by Gasteiger charge is -2.46. The summed E-state index contributed by atoms with van der Waals surface area (Å²) in [4.78, 5) is 35.8. The van der Waals surface area contributed by atoms with E-state index in [1.165, 1.54) is 16.7 Å². The van der Waals surface area contributed by atoms with Crippen LogP contribution in [0.2, 0.25) is 0 Å². The molecule has 0 radical (unpaired) electrons. The number of carbonyl (C=O) groups is 3. The Morgan fingerprint density at radius 1 is 1.38 bits per heavy atom. The van der Waals surface area contributed by atoms with Crippen molar-refractivity contribution in [1.29, 1.82) is 0 Å². The Labute approximate surface area is 125 Å². The van der Waals surface area contributed by atoms with Crippen molar-refractivity contribution < 1.29 is 28.6 Å². The molecular weight excluding hydrogens is 300 g/mol. The number of ether oxygens (including phenoxy) is 3. The van der Waals surface area contributed by atoms with Crippen LogP contribution in [-0.2, 0) is 23.8 Å². The average Bonchev–Trinajstić information content (AvgIpc) is 2.50. The van der Waals surface area contributed by atoms with Crippen LogP contribution in [0.4, 0.5) is 4.79 Å². The van der Waals surface area contributed by atoms with Crippen molar-refractivity contribution in [2.24, 2.45) is 5.73 Å². The van der Waals surface area contributed by atoms with E-state index in [2.05, 4.69) is 9.47 Å². The molecule has 1 amide bonds. The lowest BCUT2D eigenvalue weighted by Crippen LogP contribution is -2.68. The van der Waals surface area contributed by atoms with Crippen molar-refractivity contribution in [3.05, 3.63) is 11.8 Å². The van der Waals surface area contributed by atoms with Crippen LogP contribution >= 0.6 is 11.8 Å². The summed E-state index contributed by atoms with van der Waals surface area (Å²) in [6, 6.07) is -0.571. The highest BCUT2D eigenvalue weighted by molar-refractivity contribution is 8.00. The van der Waals surface area contributed by atoms with E-state index in [-0.39, 0.29) is 36.8 Å². The molecule has 2 heterocycles. The summed E-state index contributed by atoms with van der Waals surface area (Å²) in [6.45, 7) is 1.65. The lowest BCUT2D eigenvalue weighted by atomic mass is 10.1. The number of rotatable bonds is 5. The maximum absolute atomic E-state index is 11.9. The van der Waals surface area contributed by atoms with Gasteiger partial charge in [-0.3, -0.25) is 9.69 Å². The molecule has 0 aromatic heterocycles. The van der Waals surface area contributed by atoms with Crippen molar-refractivity contribution in [1.82, 2.24) is 4.90 Å². The summed E-state index contributed by atoms with van der Waals surface area (Å²) in [5.41, 5.74) is 5.86. The van der Waals surface area contributed by atoms with Gasteiger partial charge in [0.2, 0.25) is 5.91 Å². The van der Waals surface area contributed by atoms with Crippen molar-refractivity contribution in [2.75, 3.05) is 25.6 Å². The average molecular weight is 316 g/mol. The van der Waals surface area contributed by atoms with Crippen LogP contribution < -0.4 is 5.73 Å². The van der Waals surface area contributed by atoms with E-state index in [1.54, 1.807) is 13.0 Å². The number of hydrogen-bond acceptors (Lipinski definition) is 8. The Morgan fingerprint density at radius 3 is 2.81 bits per heavy atom. The molecular formula is C12H16N2O6S. The van der Waals surface area contributed by atoms with Crippen LogP contribution in [0.15, 0.2) is 11.8 Å². The number of fused-ring (bicyclic) bond motifs is 1. The summed E-state index contributed by atoms with van der Waals surface area (Å²) < 4.78 is 14.2. The van der Waals surface area contributed by atoms with Gasteiger partial charge in [-0.1, -0.05) is 0 Å². The Morgan fingerprint density at radius 2 is 2.10 bits per heavy atom. The monoisotopic (exact) mass is 316 g/mol. The number of amides is 1. The Balaban J connectivity index is 1.77. The first kappa shape index (κ1) is 15.6. The number of nitrogens with two attached hydrogens (primary N) is 1.